The molecule has 1 unspecified atom stereocenters. The number of rotatable bonds is 5. The first-order valence-corrected chi connectivity index (χ1v) is 8.29. The Bertz CT molecular complexity index is 362. The Morgan fingerprint density at radius 1 is 1.05 bits per heavy atom. The molecule has 0 aromatic carbocycles. The molecule has 2 aliphatic rings. The number of aliphatic hydroxyl groups excluding tert-OH is 1. The van der Waals surface area contributed by atoms with E-state index in [0.717, 1.165) is 0 Å². The van der Waals surface area contributed by atoms with E-state index in [9.17, 15) is 9.59 Å². The number of thioether (sulfide) groups is 1. The maximum atomic E-state index is 12.0. The van der Waals surface area contributed by atoms with Crippen LogP contribution in [0, 0.1) is 0 Å². The highest BCUT2D eigenvalue weighted by Crippen LogP contribution is 2.10. The van der Waals surface area contributed by atoms with E-state index in [1.165, 1.54) is 11.8 Å². The summed E-state index contributed by atoms with van der Waals surface area (Å²) in [6.07, 6.45) is -0.289. The SMILES string of the molecule is O=C(CSCC(=O)N1CCOC(CO)C1)N1CCOCC1. The summed E-state index contributed by atoms with van der Waals surface area (Å²) in [6.45, 7) is 3.79. The van der Waals surface area contributed by atoms with Crippen LogP contribution in [0.3, 0.4) is 0 Å². The highest BCUT2D eigenvalue weighted by atomic mass is 32.2. The van der Waals surface area contributed by atoms with Gasteiger partial charge in [0.2, 0.25) is 11.8 Å². The second-order valence-corrected chi connectivity index (χ2v) is 5.99. The van der Waals surface area contributed by atoms with Gasteiger partial charge in [0.15, 0.2) is 0 Å². The maximum Gasteiger partial charge on any atom is 0.232 e. The lowest BCUT2D eigenvalue weighted by Gasteiger charge is -2.32. The van der Waals surface area contributed by atoms with Gasteiger partial charge in [-0.05, 0) is 0 Å². The Morgan fingerprint density at radius 2 is 1.67 bits per heavy atom. The molecule has 0 saturated carbocycles. The zero-order valence-corrected chi connectivity index (χ0v) is 12.8. The van der Waals surface area contributed by atoms with Gasteiger partial charge < -0.3 is 24.4 Å². The van der Waals surface area contributed by atoms with E-state index >= 15 is 0 Å². The monoisotopic (exact) mass is 318 g/mol. The fourth-order valence-electron chi connectivity index (χ4n) is 2.28. The van der Waals surface area contributed by atoms with Crippen molar-refractivity contribution in [1.82, 2.24) is 9.80 Å². The minimum absolute atomic E-state index is 0.00322. The predicted molar refractivity (Wildman–Crippen MR) is 78.1 cm³/mol. The van der Waals surface area contributed by atoms with E-state index in [0.29, 0.717) is 51.8 Å². The van der Waals surface area contributed by atoms with Gasteiger partial charge in [0.1, 0.15) is 0 Å². The quantitative estimate of drug-likeness (QED) is 0.686. The zero-order valence-electron chi connectivity index (χ0n) is 12.0. The molecule has 0 aromatic rings. The molecule has 2 fully saturated rings. The predicted octanol–water partition coefficient (Wildman–Crippen LogP) is -1.20. The Hall–Kier alpha value is -0.830. The van der Waals surface area contributed by atoms with E-state index in [2.05, 4.69) is 0 Å². The largest absolute Gasteiger partial charge is 0.394 e. The lowest BCUT2D eigenvalue weighted by Crippen LogP contribution is -2.47. The Morgan fingerprint density at radius 3 is 2.33 bits per heavy atom. The van der Waals surface area contributed by atoms with Crippen molar-refractivity contribution in [2.45, 2.75) is 6.10 Å². The molecular weight excluding hydrogens is 296 g/mol. The number of carbonyl (C=O) groups excluding carboxylic acids is 2. The fourth-order valence-corrected chi connectivity index (χ4v) is 3.09. The molecule has 0 aliphatic carbocycles. The normalized spacial score (nSPS) is 23.2. The third kappa shape index (κ3) is 5.14. The van der Waals surface area contributed by atoms with Crippen LogP contribution in [0.25, 0.3) is 0 Å². The number of morpholine rings is 2. The molecule has 2 amide bonds. The first-order chi connectivity index (χ1) is 10.2. The van der Waals surface area contributed by atoms with Crippen LogP contribution in [-0.2, 0) is 19.1 Å². The van der Waals surface area contributed by atoms with Crippen molar-refractivity contribution in [2.24, 2.45) is 0 Å². The number of amides is 2. The lowest BCUT2D eigenvalue weighted by molar-refractivity contribution is -0.137. The van der Waals surface area contributed by atoms with E-state index < -0.39 is 0 Å². The average Bonchev–Trinajstić information content (AvgIpc) is 2.55. The Balaban J connectivity index is 1.65. The minimum atomic E-state index is -0.289. The van der Waals surface area contributed by atoms with Crippen LogP contribution in [0.4, 0.5) is 0 Å². The summed E-state index contributed by atoms with van der Waals surface area (Å²) in [6, 6.07) is 0. The molecule has 1 N–H and O–H groups in total. The van der Waals surface area contributed by atoms with E-state index in [4.69, 9.17) is 14.6 Å². The summed E-state index contributed by atoms with van der Waals surface area (Å²) in [4.78, 5) is 27.4. The molecule has 0 aromatic heterocycles. The highest BCUT2D eigenvalue weighted by Gasteiger charge is 2.24. The molecule has 2 rings (SSSR count). The number of carbonyl (C=O) groups is 2. The molecule has 120 valence electrons. The minimum Gasteiger partial charge on any atom is -0.394 e. The van der Waals surface area contributed by atoms with E-state index in [1.807, 2.05) is 0 Å². The van der Waals surface area contributed by atoms with Crippen LogP contribution in [-0.4, -0.2) is 96.9 Å². The highest BCUT2D eigenvalue weighted by molar-refractivity contribution is 8.00. The van der Waals surface area contributed by atoms with Gasteiger partial charge in [-0.3, -0.25) is 9.59 Å². The molecule has 0 radical (unpaired) electrons. The molecule has 7 nitrogen and oxygen atoms in total. The van der Waals surface area contributed by atoms with Gasteiger partial charge in [0.25, 0.3) is 0 Å². The van der Waals surface area contributed by atoms with Crippen LogP contribution in [0.1, 0.15) is 0 Å². The summed E-state index contributed by atoms with van der Waals surface area (Å²) in [7, 11) is 0. The summed E-state index contributed by atoms with van der Waals surface area (Å²) in [5, 5.41) is 9.06. The molecule has 2 saturated heterocycles. The van der Waals surface area contributed by atoms with Crippen molar-refractivity contribution in [1.29, 1.82) is 0 Å². The van der Waals surface area contributed by atoms with Crippen LogP contribution < -0.4 is 0 Å². The summed E-state index contributed by atoms with van der Waals surface area (Å²) in [5.41, 5.74) is 0. The molecule has 8 heteroatoms. The topological polar surface area (TPSA) is 79.3 Å². The van der Waals surface area contributed by atoms with Crippen LogP contribution in [0.15, 0.2) is 0 Å². The molecule has 2 heterocycles. The average molecular weight is 318 g/mol. The van der Waals surface area contributed by atoms with E-state index in [1.54, 1.807) is 9.80 Å². The smallest absolute Gasteiger partial charge is 0.232 e. The summed E-state index contributed by atoms with van der Waals surface area (Å²) >= 11 is 1.34. The maximum absolute atomic E-state index is 12.0. The van der Waals surface area contributed by atoms with Gasteiger partial charge >= 0.3 is 0 Å². The number of ether oxygens (including phenoxy) is 2. The van der Waals surface area contributed by atoms with Crippen molar-refractivity contribution < 1.29 is 24.2 Å². The van der Waals surface area contributed by atoms with E-state index in [-0.39, 0.29) is 30.3 Å². The molecule has 1 atom stereocenters. The number of nitrogens with zero attached hydrogens (tertiary/aromatic N) is 2. The summed E-state index contributed by atoms with van der Waals surface area (Å²) in [5.74, 6) is 0.663. The lowest BCUT2D eigenvalue weighted by atomic mass is 10.3. The second kappa shape index (κ2) is 8.57. The van der Waals surface area contributed by atoms with Crippen molar-refractivity contribution in [3.8, 4) is 0 Å². The Labute approximate surface area is 128 Å². The van der Waals surface area contributed by atoms with Crippen LogP contribution in [0.5, 0.6) is 0 Å². The third-order valence-electron chi connectivity index (χ3n) is 3.51. The van der Waals surface area contributed by atoms with Crippen molar-refractivity contribution in [2.75, 3.05) is 64.1 Å². The molecule has 0 bridgehead atoms. The van der Waals surface area contributed by atoms with Gasteiger partial charge in [-0.25, -0.2) is 0 Å². The van der Waals surface area contributed by atoms with Crippen LogP contribution in [0.2, 0.25) is 0 Å². The van der Waals surface area contributed by atoms with Gasteiger partial charge in [-0.15, -0.1) is 11.8 Å². The van der Waals surface area contributed by atoms with Crippen molar-refractivity contribution in [3.05, 3.63) is 0 Å². The van der Waals surface area contributed by atoms with Gasteiger partial charge in [-0.2, -0.15) is 0 Å². The second-order valence-electron chi connectivity index (χ2n) is 5.00. The number of aliphatic hydroxyl groups is 1. The number of hydrogen-bond acceptors (Lipinski definition) is 6. The van der Waals surface area contributed by atoms with Gasteiger partial charge in [-0.1, -0.05) is 0 Å². The molecule has 21 heavy (non-hydrogen) atoms. The van der Waals surface area contributed by atoms with Crippen LogP contribution >= 0.6 is 11.8 Å². The van der Waals surface area contributed by atoms with Crippen molar-refractivity contribution in [3.63, 3.8) is 0 Å². The summed E-state index contributed by atoms with van der Waals surface area (Å²) < 4.78 is 10.5. The standard InChI is InChI=1S/C13H22N2O5S/c16-8-11-7-15(3-6-20-11)13(18)10-21-9-12(17)14-1-4-19-5-2-14/h11,16H,1-10H2. The zero-order chi connectivity index (χ0) is 15.1. The Kier molecular flexibility index (Phi) is 6.75. The first kappa shape index (κ1) is 16.5. The molecular formula is C13H22N2O5S. The van der Waals surface area contributed by atoms with Gasteiger partial charge in [0, 0.05) is 26.2 Å². The first-order valence-electron chi connectivity index (χ1n) is 7.14. The fraction of sp³-hybridized carbons (Fsp3) is 0.846. The molecule has 0 spiro atoms. The van der Waals surface area contributed by atoms with Gasteiger partial charge in [0.05, 0.1) is 44.0 Å². The number of hydrogen-bond donors (Lipinski definition) is 1. The van der Waals surface area contributed by atoms with Crippen molar-refractivity contribution >= 4 is 23.6 Å². The molecule has 2 aliphatic heterocycles. The third-order valence-corrected chi connectivity index (χ3v) is 4.41.